The van der Waals surface area contributed by atoms with Crippen molar-refractivity contribution < 1.29 is 14.3 Å². The molecule has 1 amide bonds. The number of pyridine rings is 1. The van der Waals surface area contributed by atoms with Gasteiger partial charge in [-0.15, -0.1) is 0 Å². The van der Waals surface area contributed by atoms with Gasteiger partial charge in [0.1, 0.15) is 17.3 Å². The van der Waals surface area contributed by atoms with Crippen molar-refractivity contribution >= 4 is 23.5 Å². The highest BCUT2D eigenvalue weighted by Gasteiger charge is 2.15. The van der Waals surface area contributed by atoms with Gasteiger partial charge in [-0.2, -0.15) is 0 Å². The molecule has 0 spiro atoms. The third-order valence-corrected chi connectivity index (χ3v) is 6.02. The average Bonchev–Trinajstić information content (AvgIpc) is 3.28. The maximum atomic E-state index is 12.3. The number of amides is 1. The van der Waals surface area contributed by atoms with Crippen molar-refractivity contribution in [3.8, 4) is 34.0 Å². The number of rotatable bonds is 9. The third kappa shape index (κ3) is 5.77. The maximum Gasteiger partial charge on any atom is 0.226 e. The number of anilines is 1. The fourth-order valence-electron chi connectivity index (χ4n) is 3.40. The molecule has 7 nitrogen and oxygen atoms in total. The number of hydrogen-bond acceptors (Lipinski definition) is 6. The van der Waals surface area contributed by atoms with E-state index < -0.39 is 0 Å². The first kappa shape index (κ1) is 23.4. The molecule has 8 heteroatoms. The number of aryl methyl sites for hydroxylation is 1. The SMILES string of the molecule is COc1ccc(-c2nc(SCCC(=O)Nc3cccc(C)n3)[nH]c2-c2ccc(OC)cc2)cc1. The Morgan fingerprint density at radius 2 is 1.56 bits per heavy atom. The summed E-state index contributed by atoms with van der Waals surface area (Å²) in [6.07, 6.45) is 0.344. The fraction of sp³-hybridized carbons (Fsp3) is 0.192. The van der Waals surface area contributed by atoms with Crippen molar-refractivity contribution in [1.82, 2.24) is 15.0 Å². The van der Waals surface area contributed by atoms with Crippen molar-refractivity contribution in [3.05, 3.63) is 72.4 Å². The van der Waals surface area contributed by atoms with E-state index in [4.69, 9.17) is 14.5 Å². The predicted molar refractivity (Wildman–Crippen MR) is 136 cm³/mol. The lowest BCUT2D eigenvalue weighted by atomic mass is 10.0. The first-order chi connectivity index (χ1) is 16.6. The predicted octanol–water partition coefficient (Wildman–Crippen LogP) is 5.59. The van der Waals surface area contributed by atoms with Crippen molar-refractivity contribution in [3.63, 3.8) is 0 Å². The number of imidazole rings is 1. The molecule has 34 heavy (non-hydrogen) atoms. The van der Waals surface area contributed by atoms with Gasteiger partial charge in [0.2, 0.25) is 5.91 Å². The molecule has 0 aliphatic rings. The molecule has 2 N–H and O–H groups in total. The van der Waals surface area contributed by atoms with E-state index in [0.29, 0.717) is 18.0 Å². The zero-order chi connectivity index (χ0) is 23.9. The molecule has 0 aliphatic carbocycles. The maximum absolute atomic E-state index is 12.3. The van der Waals surface area contributed by atoms with Gasteiger partial charge in [0, 0.05) is 29.0 Å². The molecule has 0 fully saturated rings. The third-order valence-electron chi connectivity index (χ3n) is 5.15. The van der Waals surface area contributed by atoms with E-state index in [-0.39, 0.29) is 5.91 Å². The van der Waals surface area contributed by atoms with Crippen LogP contribution in [-0.2, 0) is 4.79 Å². The van der Waals surface area contributed by atoms with Gasteiger partial charge >= 0.3 is 0 Å². The number of aromatic amines is 1. The molecule has 0 saturated heterocycles. The Kier molecular flexibility index (Phi) is 7.49. The average molecular weight is 475 g/mol. The highest BCUT2D eigenvalue weighted by Crippen LogP contribution is 2.34. The van der Waals surface area contributed by atoms with Crippen LogP contribution in [0.25, 0.3) is 22.5 Å². The molecule has 4 rings (SSSR count). The van der Waals surface area contributed by atoms with Gasteiger partial charge in [-0.05, 0) is 67.6 Å². The first-order valence-corrected chi connectivity index (χ1v) is 11.8. The minimum absolute atomic E-state index is 0.0806. The first-order valence-electron chi connectivity index (χ1n) is 10.8. The number of nitrogens with zero attached hydrogens (tertiary/aromatic N) is 2. The van der Waals surface area contributed by atoms with E-state index >= 15 is 0 Å². The molecule has 0 saturated carbocycles. The lowest BCUT2D eigenvalue weighted by molar-refractivity contribution is -0.115. The fourth-order valence-corrected chi connectivity index (χ4v) is 4.21. The summed E-state index contributed by atoms with van der Waals surface area (Å²) in [7, 11) is 3.29. The van der Waals surface area contributed by atoms with E-state index in [0.717, 1.165) is 44.9 Å². The van der Waals surface area contributed by atoms with Crippen LogP contribution in [0.5, 0.6) is 11.5 Å². The Hall–Kier alpha value is -3.78. The molecule has 174 valence electrons. The van der Waals surface area contributed by atoms with Crippen LogP contribution in [0, 0.1) is 6.92 Å². The summed E-state index contributed by atoms with van der Waals surface area (Å²) in [5, 5.41) is 3.59. The Morgan fingerprint density at radius 3 is 2.18 bits per heavy atom. The highest BCUT2D eigenvalue weighted by atomic mass is 32.2. The minimum atomic E-state index is -0.0806. The standard InChI is InChI=1S/C26H26N4O3S/c1-17-5-4-6-22(27-17)28-23(31)15-16-34-26-29-24(18-7-11-20(32-2)12-8-18)25(30-26)19-9-13-21(33-3)14-10-19/h4-14H,15-16H2,1-3H3,(H,29,30)(H,27,28,31). The van der Waals surface area contributed by atoms with Gasteiger partial charge in [-0.1, -0.05) is 17.8 Å². The van der Waals surface area contributed by atoms with Gasteiger partial charge in [-0.25, -0.2) is 9.97 Å². The number of hydrogen-bond donors (Lipinski definition) is 2. The zero-order valence-corrected chi connectivity index (χ0v) is 20.1. The molecule has 2 aromatic carbocycles. The van der Waals surface area contributed by atoms with Gasteiger partial charge in [0.25, 0.3) is 0 Å². The Balaban J connectivity index is 1.50. The lowest BCUT2D eigenvalue weighted by Gasteiger charge is -2.06. The van der Waals surface area contributed by atoms with Crippen LogP contribution in [0.4, 0.5) is 5.82 Å². The lowest BCUT2D eigenvalue weighted by Crippen LogP contribution is -2.13. The monoisotopic (exact) mass is 474 g/mol. The van der Waals surface area contributed by atoms with Crippen molar-refractivity contribution in [2.45, 2.75) is 18.5 Å². The number of carbonyl (C=O) groups is 1. The molecule has 4 aromatic rings. The minimum Gasteiger partial charge on any atom is -0.497 e. The number of carbonyl (C=O) groups excluding carboxylic acids is 1. The summed E-state index contributed by atoms with van der Waals surface area (Å²) in [5.41, 5.74) is 4.57. The number of H-pyrrole nitrogens is 1. The molecule has 0 radical (unpaired) electrons. The van der Waals surface area contributed by atoms with Crippen LogP contribution in [0.15, 0.2) is 71.9 Å². The molecule has 0 aliphatic heterocycles. The number of methoxy groups -OCH3 is 2. The van der Waals surface area contributed by atoms with Crippen LogP contribution in [0.2, 0.25) is 0 Å². The van der Waals surface area contributed by atoms with E-state index in [2.05, 4.69) is 15.3 Å². The van der Waals surface area contributed by atoms with Crippen molar-refractivity contribution in [2.75, 3.05) is 25.3 Å². The Bertz CT molecular complexity index is 1190. The number of nitrogens with one attached hydrogen (secondary N) is 2. The summed E-state index contributed by atoms with van der Waals surface area (Å²) in [5.74, 6) is 2.64. The summed E-state index contributed by atoms with van der Waals surface area (Å²) in [6, 6.07) is 21.2. The molecule has 2 heterocycles. The van der Waals surface area contributed by atoms with Crippen LogP contribution in [-0.4, -0.2) is 40.8 Å². The molecule has 0 atom stereocenters. The Morgan fingerprint density at radius 1 is 0.912 bits per heavy atom. The van der Waals surface area contributed by atoms with Crippen LogP contribution in [0.1, 0.15) is 12.1 Å². The second-order valence-corrected chi connectivity index (χ2v) is 8.62. The summed E-state index contributed by atoms with van der Waals surface area (Å²) >= 11 is 1.50. The van der Waals surface area contributed by atoms with Crippen LogP contribution >= 0.6 is 11.8 Å². The van der Waals surface area contributed by atoms with Gasteiger partial charge in [-0.3, -0.25) is 4.79 Å². The summed E-state index contributed by atoms with van der Waals surface area (Å²) in [6.45, 7) is 1.89. The molecule has 0 bridgehead atoms. The molecular formula is C26H26N4O3S. The topological polar surface area (TPSA) is 89.1 Å². The van der Waals surface area contributed by atoms with E-state index in [9.17, 15) is 4.79 Å². The van der Waals surface area contributed by atoms with E-state index in [1.54, 1.807) is 20.3 Å². The molecule has 2 aromatic heterocycles. The van der Waals surface area contributed by atoms with Gasteiger partial charge < -0.3 is 19.8 Å². The largest absolute Gasteiger partial charge is 0.497 e. The van der Waals surface area contributed by atoms with E-state index in [1.807, 2.05) is 67.6 Å². The second kappa shape index (κ2) is 10.9. The van der Waals surface area contributed by atoms with Crippen molar-refractivity contribution in [1.29, 1.82) is 0 Å². The number of benzene rings is 2. The van der Waals surface area contributed by atoms with Gasteiger partial charge in [0.15, 0.2) is 5.16 Å². The highest BCUT2D eigenvalue weighted by molar-refractivity contribution is 7.99. The number of ether oxygens (including phenoxy) is 2. The van der Waals surface area contributed by atoms with Crippen LogP contribution < -0.4 is 14.8 Å². The Labute approximate surface area is 203 Å². The summed E-state index contributed by atoms with van der Waals surface area (Å²) in [4.78, 5) is 24.9. The number of aromatic nitrogens is 3. The zero-order valence-electron chi connectivity index (χ0n) is 19.3. The second-order valence-electron chi connectivity index (χ2n) is 7.53. The van der Waals surface area contributed by atoms with Gasteiger partial charge in [0.05, 0.1) is 25.6 Å². The van der Waals surface area contributed by atoms with Crippen LogP contribution in [0.3, 0.4) is 0 Å². The quantitative estimate of drug-likeness (QED) is 0.308. The normalized spacial score (nSPS) is 10.7. The smallest absolute Gasteiger partial charge is 0.226 e. The molecular weight excluding hydrogens is 448 g/mol. The molecule has 0 unspecified atom stereocenters. The summed E-state index contributed by atoms with van der Waals surface area (Å²) < 4.78 is 10.6. The van der Waals surface area contributed by atoms with E-state index in [1.165, 1.54) is 11.8 Å². The van der Waals surface area contributed by atoms with Crippen molar-refractivity contribution in [2.24, 2.45) is 0 Å². The number of thioether (sulfide) groups is 1.